The molecule has 0 unspecified atom stereocenters. The van der Waals surface area contributed by atoms with Gasteiger partial charge in [-0.1, -0.05) is 29.8 Å². The van der Waals surface area contributed by atoms with Crippen molar-refractivity contribution in [1.29, 1.82) is 0 Å². The minimum atomic E-state index is -0.273. The Morgan fingerprint density at radius 2 is 1.68 bits per heavy atom. The lowest BCUT2D eigenvalue weighted by Crippen LogP contribution is -2.14. The first-order valence-electron chi connectivity index (χ1n) is 6.89. The number of hydrogen-bond acceptors (Lipinski definition) is 3. The molecule has 22 heavy (non-hydrogen) atoms. The lowest BCUT2D eigenvalue weighted by Gasteiger charge is -1.99. The molecule has 2 rings (SSSR count). The number of aryl methyl sites for hydroxylation is 1. The van der Waals surface area contributed by atoms with Gasteiger partial charge in [0.15, 0.2) is 0 Å². The molecule has 0 radical (unpaired) electrons. The van der Waals surface area contributed by atoms with E-state index in [2.05, 4.69) is 10.5 Å². The van der Waals surface area contributed by atoms with Crippen molar-refractivity contribution in [3.63, 3.8) is 0 Å². The minimum Gasteiger partial charge on any atom is -0.497 e. The third-order valence-electron chi connectivity index (χ3n) is 3.01. The summed E-state index contributed by atoms with van der Waals surface area (Å²) in [6.45, 7) is 2.02. The molecule has 0 saturated heterocycles. The summed E-state index contributed by atoms with van der Waals surface area (Å²) in [5.74, 6) is 0.507. The van der Waals surface area contributed by atoms with E-state index in [-0.39, 0.29) is 5.91 Å². The van der Waals surface area contributed by atoms with Crippen molar-refractivity contribution in [2.75, 3.05) is 7.11 Å². The van der Waals surface area contributed by atoms with Crippen molar-refractivity contribution >= 4 is 18.2 Å². The minimum absolute atomic E-state index is 0.273. The Kier molecular flexibility index (Phi) is 5.49. The molecule has 0 spiro atoms. The van der Waals surface area contributed by atoms with Crippen molar-refractivity contribution < 1.29 is 9.53 Å². The molecular weight excluding hydrogens is 276 g/mol. The zero-order valence-electron chi connectivity index (χ0n) is 12.6. The summed E-state index contributed by atoms with van der Waals surface area (Å²) in [6.07, 6.45) is 4.78. The van der Waals surface area contributed by atoms with Gasteiger partial charge in [-0.3, -0.25) is 4.79 Å². The van der Waals surface area contributed by atoms with Crippen molar-refractivity contribution in [1.82, 2.24) is 5.43 Å². The smallest absolute Gasteiger partial charge is 0.264 e. The van der Waals surface area contributed by atoms with Crippen molar-refractivity contribution in [2.45, 2.75) is 6.92 Å². The molecule has 0 heterocycles. The lowest BCUT2D eigenvalue weighted by atomic mass is 10.1. The number of nitrogens with zero attached hydrogens (tertiary/aromatic N) is 1. The number of ether oxygens (including phenoxy) is 1. The average molecular weight is 294 g/mol. The molecule has 1 amide bonds. The van der Waals surface area contributed by atoms with Gasteiger partial charge in [0.05, 0.1) is 13.3 Å². The van der Waals surface area contributed by atoms with Gasteiger partial charge in [-0.25, -0.2) is 5.43 Å². The Hall–Kier alpha value is -2.88. The predicted octanol–water partition coefficient (Wildman–Crippen LogP) is 3.17. The molecule has 0 aliphatic heterocycles. The fourth-order valence-electron chi connectivity index (χ4n) is 1.75. The van der Waals surface area contributed by atoms with Crippen LogP contribution in [0.25, 0.3) is 6.08 Å². The fraction of sp³-hybridized carbons (Fsp3) is 0.111. The summed E-state index contributed by atoms with van der Waals surface area (Å²) in [4.78, 5) is 11.6. The van der Waals surface area contributed by atoms with Gasteiger partial charge in [-0.05, 0) is 48.4 Å². The van der Waals surface area contributed by atoms with Gasteiger partial charge in [0.1, 0.15) is 5.75 Å². The number of methoxy groups -OCH3 is 1. The lowest BCUT2D eigenvalue weighted by molar-refractivity contribution is -0.116. The van der Waals surface area contributed by atoms with E-state index in [0.717, 1.165) is 16.9 Å². The topological polar surface area (TPSA) is 50.7 Å². The Balaban J connectivity index is 1.86. The largest absolute Gasteiger partial charge is 0.497 e. The molecule has 0 saturated carbocycles. The zero-order chi connectivity index (χ0) is 15.8. The maximum atomic E-state index is 11.6. The summed E-state index contributed by atoms with van der Waals surface area (Å²) in [6, 6.07) is 15.3. The second-order valence-electron chi connectivity index (χ2n) is 4.75. The van der Waals surface area contributed by atoms with E-state index in [1.165, 1.54) is 11.6 Å². The van der Waals surface area contributed by atoms with E-state index in [0.29, 0.717) is 0 Å². The molecule has 2 aromatic carbocycles. The van der Waals surface area contributed by atoms with Gasteiger partial charge in [0.25, 0.3) is 5.91 Å². The summed E-state index contributed by atoms with van der Waals surface area (Å²) < 4.78 is 5.07. The average Bonchev–Trinajstić information content (AvgIpc) is 2.55. The van der Waals surface area contributed by atoms with Crippen LogP contribution in [-0.4, -0.2) is 19.2 Å². The quantitative estimate of drug-likeness (QED) is 0.523. The number of carbonyl (C=O) groups excluding carboxylic acids is 1. The molecular formula is C18H18N2O2. The van der Waals surface area contributed by atoms with E-state index in [1.54, 1.807) is 19.4 Å². The van der Waals surface area contributed by atoms with Crippen LogP contribution < -0.4 is 10.2 Å². The van der Waals surface area contributed by atoms with E-state index >= 15 is 0 Å². The number of hydrazone groups is 1. The maximum Gasteiger partial charge on any atom is 0.264 e. The predicted molar refractivity (Wildman–Crippen MR) is 88.9 cm³/mol. The first-order chi connectivity index (χ1) is 10.7. The highest BCUT2D eigenvalue weighted by atomic mass is 16.5. The van der Waals surface area contributed by atoms with E-state index in [1.807, 2.05) is 55.5 Å². The first kappa shape index (κ1) is 15.5. The first-order valence-corrected chi connectivity index (χ1v) is 6.89. The van der Waals surface area contributed by atoms with Crippen LogP contribution in [0, 0.1) is 6.92 Å². The van der Waals surface area contributed by atoms with Crippen molar-refractivity contribution in [3.8, 4) is 5.75 Å². The van der Waals surface area contributed by atoms with Crippen LogP contribution in [0.1, 0.15) is 16.7 Å². The summed E-state index contributed by atoms with van der Waals surface area (Å²) in [5.41, 5.74) is 5.49. The van der Waals surface area contributed by atoms with Crippen LogP contribution in [-0.2, 0) is 4.79 Å². The highest BCUT2D eigenvalue weighted by Gasteiger charge is 1.94. The van der Waals surface area contributed by atoms with Gasteiger partial charge < -0.3 is 4.74 Å². The fourth-order valence-corrected chi connectivity index (χ4v) is 1.75. The zero-order valence-corrected chi connectivity index (χ0v) is 12.6. The molecule has 0 atom stereocenters. The molecule has 4 heteroatoms. The summed E-state index contributed by atoms with van der Waals surface area (Å²) in [5, 5.41) is 3.91. The monoisotopic (exact) mass is 294 g/mol. The Labute approximate surface area is 130 Å². The normalized spacial score (nSPS) is 11.0. The standard InChI is InChI=1S/C18H18N2O2/c1-14-3-5-15(6-4-14)9-12-18(21)20-19-13-16-7-10-17(22-2)11-8-16/h3-13H,1-2H3,(H,20,21)/b12-9+,19-13-. The molecule has 0 aromatic heterocycles. The van der Waals surface area contributed by atoms with E-state index in [4.69, 9.17) is 4.74 Å². The van der Waals surface area contributed by atoms with Gasteiger partial charge in [0.2, 0.25) is 0 Å². The number of rotatable bonds is 5. The molecule has 112 valence electrons. The molecule has 0 aliphatic rings. The molecule has 0 bridgehead atoms. The number of hydrogen-bond donors (Lipinski definition) is 1. The van der Waals surface area contributed by atoms with Gasteiger partial charge in [-0.2, -0.15) is 5.10 Å². The van der Waals surface area contributed by atoms with Crippen LogP contribution in [0.5, 0.6) is 5.75 Å². The number of benzene rings is 2. The summed E-state index contributed by atoms with van der Waals surface area (Å²) in [7, 11) is 1.61. The van der Waals surface area contributed by atoms with Crippen LogP contribution in [0.2, 0.25) is 0 Å². The van der Waals surface area contributed by atoms with Crippen LogP contribution in [0.15, 0.2) is 59.7 Å². The highest BCUT2D eigenvalue weighted by molar-refractivity contribution is 5.92. The summed E-state index contributed by atoms with van der Waals surface area (Å²) >= 11 is 0. The van der Waals surface area contributed by atoms with Crippen molar-refractivity contribution in [3.05, 3.63) is 71.3 Å². The van der Waals surface area contributed by atoms with Gasteiger partial charge in [0, 0.05) is 6.08 Å². The second kappa shape index (κ2) is 7.78. The number of nitrogens with one attached hydrogen (secondary N) is 1. The Morgan fingerprint density at radius 3 is 2.32 bits per heavy atom. The maximum absolute atomic E-state index is 11.6. The van der Waals surface area contributed by atoms with E-state index < -0.39 is 0 Å². The Bertz CT molecular complexity index is 671. The van der Waals surface area contributed by atoms with Crippen LogP contribution in [0.4, 0.5) is 0 Å². The van der Waals surface area contributed by atoms with Crippen molar-refractivity contribution in [2.24, 2.45) is 5.10 Å². The SMILES string of the molecule is COc1ccc(/C=N\NC(=O)/C=C/c2ccc(C)cc2)cc1. The third-order valence-corrected chi connectivity index (χ3v) is 3.01. The van der Waals surface area contributed by atoms with E-state index in [9.17, 15) is 4.79 Å². The van der Waals surface area contributed by atoms with Gasteiger partial charge >= 0.3 is 0 Å². The van der Waals surface area contributed by atoms with Gasteiger partial charge in [-0.15, -0.1) is 0 Å². The molecule has 0 aliphatic carbocycles. The molecule has 0 fully saturated rings. The molecule has 1 N–H and O–H groups in total. The van der Waals surface area contributed by atoms with Crippen LogP contribution >= 0.6 is 0 Å². The second-order valence-corrected chi connectivity index (χ2v) is 4.75. The molecule has 4 nitrogen and oxygen atoms in total. The third kappa shape index (κ3) is 4.90. The Morgan fingerprint density at radius 1 is 1.05 bits per heavy atom. The number of carbonyl (C=O) groups is 1. The molecule has 2 aromatic rings. The van der Waals surface area contributed by atoms with Crippen LogP contribution in [0.3, 0.4) is 0 Å². The number of amides is 1. The highest BCUT2D eigenvalue weighted by Crippen LogP contribution is 2.09.